The van der Waals surface area contributed by atoms with Crippen LogP contribution in [0.5, 0.6) is 0 Å². The van der Waals surface area contributed by atoms with Crippen LogP contribution in [-0.2, 0) is 4.79 Å². The first-order valence-corrected chi connectivity index (χ1v) is 2.41. The number of hydrogen-bond acceptors (Lipinski definition) is 3. The zero-order chi connectivity index (χ0) is 5.86. The van der Waals surface area contributed by atoms with Crippen LogP contribution in [-0.4, -0.2) is 22.9 Å². The van der Waals surface area contributed by atoms with Crippen LogP contribution in [0.15, 0.2) is 0 Å². The highest BCUT2D eigenvalue weighted by Gasteiger charge is 2.06. The third-order valence-corrected chi connectivity index (χ3v) is 0.907. The van der Waals surface area contributed by atoms with Gasteiger partial charge >= 0.3 is 5.97 Å². The average molecular weight is 158 g/mol. The van der Waals surface area contributed by atoms with E-state index in [1.165, 1.54) is 0 Å². The summed E-state index contributed by atoms with van der Waals surface area (Å²) in [7, 11) is 0. The highest BCUT2D eigenvalue weighted by atomic mass is 35.5. The number of nitrogens with two attached hydrogens (primary N) is 1. The van der Waals surface area contributed by atoms with Crippen molar-refractivity contribution in [3.05, 3.63) is 0 Å². The Morgan fingerprint density at radius 2 is 2.25 bits per heavy atom. The van der Waals surface area contributed by atoms with Crippen molar-refractivity contribution in [2.45, 2.75) is 6.04 Å². The van der Waals surface area contributed by atoms with Crippen molar-refractivity contribution in [2.24, 2.45) is 5.73 Å². The SMILES string of the molecule is Cl.N[C@H](CS)C(=O)O. The average Bonchev–Trinajstić information content (AvgIpc) is 1.65. The first-order valence-electron chi connectivity index (χ1n) is 1.77. The van der Waals surface area contributed by atoms with Crippen LogP contribution in [0.1, 0.15) is 0 Å². The van der Waals surface area contributed by atoms with Gasteiger partial charge in [0.25, 0.3) is 0 Å². The topological polar surface area (TPSA) is 63.3 Å². The first-order chi connectivity index (χ1) is 3.18. The molecule has 0 aromatic heterocycles. The molecule has 0 unspecified atom stereocenters. The Kier molecular flexibility index (Phi) is 7.13. The fraction of sp³-hybridized carbons (Fsp3) is 0.667. The number of rotatable bonds is 2. The van der Waals surface area contributed by atoms with E-state index in [1.807, 2.05) is 0 Å². The van der Waals surface area contributed by atoms with Crippen molar-refractivity contribution in [1.29, 1.82) is 0 Å². The second-order valence-corrected chi connectivity index (χ2v) is 1.49. The molecule has 0 aliphatic carbocycles. The van der Waals surface area contributed by atoms with Crippen LogP contribution >= 0.6 is 25.0 Å². The molecule has 0 heterocycles. The van der Waals surface area contributed by atoms with Crippen molar-refractivity contribution in [1.82, 2.24) is 0 Å². The summed E-state index contributed by atoms with van der Waals surface area (Å²) in [6, 6.07) is -0.816. The minimum absolute atomic E-state index is 0. The number of carboxylic acids is 1. The Bertz CT molecular complexity index is 79.7. The Morgan fingerprint density at radius 1 is 1.88 bits per heavy atom. The molecule has 0 spiro atoms. The molecule has 0 saturated carbocycles. The van der Waals surface area contributed by atoms with Crippen molar-refractivity contribution in [3.63, 3.8) is 0 Å². The van der Waals surface area contributed by atoms with E-state index < -0.39 is 12.0 Å². The number of hydrogen-bond donors (Lipinski definition) is 3. The lowest BCUT2D eigenvalue weighted by Gasteiger charge is -1.96. The lowest BCUT2D eigenvalue weighted by molar-refractivity contribution is -0.137. The highest BCUT2D eigenvalue weighted by Crippen LogP contribution is 1.80. The summed E-state index contributed by atoms with van der Waals surface area (Å²) in [5, 5.41) is 8.01. The molecule has 1 atom stereocenters. The molecular formula is C3H8ClNO2S. The summed E-state index contributed by atoms with van der Waals surface area (Å²) in [6.45, 7) is 0. The number of carboxylic acid groups (broad SMARTS) is 1. The van der Waals surface area contributed by atoms with E-state index in [-0.39, 0.29) is 18.2 Å². The summed E-state index contributed by atoms with van der Waals surface area (Å²) in [5.41, 5.74) is 4.94. The van der Waals surface area contributed by atoms with E-state index in [0.29, 0.717) is 0 Å². The number of carbonyl (C=O) groups is 1. The molecule has 0 aliphatic heterocycles. The predicted molar refractivity (Wildman–Crippen MR) is 36.7 cm³/mol. The fourth-order valence-electron chi connectivity index (χ4n) is 0.0781. The number of aliphatic carboxylic acids is 1. The van der Waals surface area contributed by atoms with E-state index in [0.717, 1.165) is 0 Å². The number of halogens is 1. The standard InChI is InChI=1S/C3H7NO2S.ClH/c4-2(1-7)3(5)6;/h2,7H,1,4H2,(H,5,6);1H/t2-;/m1./s1. The molecule has 0 saturated heterocycles. The normalized spacial score (nSPS) is 11.8. The smallest absolute Gasteiger partial charge is 0.321 e. The molecule has 0 aliphatic rings. The Morgan fingerprint density at radius 3 is 2.25 bits per heavy atom. The lowest BCUT2D eigenvalue weighted by Crippen LogP contribution is -2.31. The van der Waals surface area contributed by atoms with E-state index in [1.54, 1.807) is 0 Å². The maximum Gasteiger partial charge on any atom is 0.321 e. The van der Waals surface area contributed by atoms with Crippen molar-refractivity contribution in [2.75, 3.05) is 5.75 Å². The van der Waals surface area contributed by atoms with Crippen molar-refractivity contribution >= 4 is 31.0 Å². The maximum atomic E-state index is 9.76. The fourth-order valence-corrected chi connectivity index (χ4v) is 0.234. The summed E-state index contributed by atoms with van der Waals surface area (Å²) >= 11 is 3.65. The molecule has 50 valence electrons. The zero-order valence-electron chi connectivity index (χ0n) is 4.07. The molecule has 5 heteroatoms. The van der Waals surface area contributed by atoms with E-state index in [4.69, 9.17) is 10.8 Å². The van der Waals surface area contributed by atoms with Gasteiger partial charge in [-0.15, -0.1) is 12.4 Å². The van der Waals surface area contributed by atoms with Crippen molar-refractivity contribution < 1.29 is 9.90 Å². The molecule has 0 aromatic rings. The van der Waals surface area contributed by atoms with Gasteiger partial charge in [0.15, 0.2) is 0 Å². The quantitative estimate of drug-likeness (QED) is 0.485. The zero-order valence-corrected chi connectivity index (χ0v) is 5.78. The van der Waals surface area contributed by atoms with Gasteiger partial charge < -0.3 is 10.8 Å². The van der Waals surface area contributed by atoms with Gasteiger partial charge in [-0.05, 0) is 0 Å². The van der Waals surface area contributed by atoms with Crippen LogP contribution in [0.4, 0.5) is 0 Å². The van der Waals surface area contributed by atoms with Crippen LogP contribution in [0.2, 0.25) is 0 Å². The molecule has 3 nitrogen and oxygen atoms in total. The van der Waals surface area contributed by atoms with Gasteiger partial charge in [-0.25, -0.2) is 0 Å². The molecule has 0 amide bonds. The second-order valence-electron chi connectivity index (χ2n) is 1.13. The Balaban J connectivity index is 0. The van der Waals surface area contributed by atoms with Gasteiger partial charge in [0.2, 0.25) is 0 Å². The molecular weight excluding hydrogens is 150 g/mol. The van der Waals surface area contributed by atoms with Crippen molar-refractivity contribution in [3.8, 4) is 0 Å². The number of thiol groups is 1. The molecule has 0 rings (SSSR count). The molecule has 0 radical (unpaired) electrons. The monoisotopic (exact) mass is 157 g/mol. The van der Waals surface area contributed by atoms with Gasteiger partial charge in [-0.2, -0.15) is 12.6 Å². The summed E-state index contributed by atoms with van der Waals surface area (Å²) in [6.07, 6.45) is 0. The summed E-state index contributed by atoms with van der Waals surface area (Å²) < 4.78 is 0. The molecule has 8 heavy (non-hydrogen) atoms. The summed E-state index contributed by atoms with van der Waals surface area (Å²) in [4.78, 5) is 9.76. The lowest BCUT2D eigenvalue weighted by atomic mass is 10.4. The largest absolute Gasteiger partial charge is 0.480 e. The summed E-state index contributed by atoms with van der Waals surface area (Å²) in [5.74, 6) is -0.815. The Labute approximate surface area is 59.1 Å². The van der Waals surface area contributed by atoms with Gasteiger partial charge in [0.1, 0.15) is 6.04 Å². The van der Waals surface area contributed by atoms with E-state index in [2.05, 4.69) is 12.6 Å². The van der Waals surface area contributed by atoms with Gasteiger partial charge in [0, 0.05) is 5.75 Å². The van der Waals surface area contributed by atoms with Crippen LogP contribution in [0, 0.1) is 0 Å². The van der Waals surface area contributed by atoms with E-state index in [9.17, 15) is 4.79 Å². The van der Waals surface area contributed by atoms with Crippen LogP contribution in [0.3, 0.4) is 0 Å². The molecule has 0 fully saturated rings. The van der Waals surface area contributed by atoms with Crippen LogP contribution < -0.4 is 5.73 Å². The Hall–Kier alpha value is 0.0700. The first kappa shape index (κ1) is 10.9. The third-order valence-electron chi connectivity index (χ3n) is 0.514. The molecule has 0 bridgehead atoms. The molecule has 0 aromatic carbocycles. The maximum absolute atomic E-state index is 9.76. The van der Waals surface area contributed by atoms with E-state index >= 15 is 0 Å². The molecule has 3 N–H and O–H groups in total. The third kappa shape index (κ3) is 4.23. The van der Waals surface area contributed by atoms with Crippen LogP contribution in [0.25, 0.3) is 0 Å². The van der Waals surface area contributed by atoms with Gasteiger partial charge in [-0.1, -0.05) is 0 Å². The minimum Gasteiger partial charge on any atom is -0.480 e. The highest BCUT2D eigenvalue weighted by molar-refractivity contribution is 7.80. The predicted octanol–water partition coefficient (Wildman–Crippen LogP) is -0.250. The minimum atomic E-state index is -1.00. The van der Waals surface area contributed by atoms with Gasteiger partial charge in [-0.3, -0.25) is 4.79 Å². The van der Waals surface area contributed by atoms with Gasteiger partial charge in [0.05, 0.1) is 0 Å². The second kappa shape index (κ2) is 5.21.